The highest BCUT2D eigenvalue weighted by atomic mass is 16.5. The summed E-state index contributed by atoms with van der Waals surface area (Å²) in [5.74, 6) is 0.227. The summed E-state index contributed by atoms with van der Waals surface area (Å²) in [5, 5.41) is 16.1. The van der Waals surface area contributed by atoms with Crippen molar-refractivity contribution in [1.82, 2.24) is 10.1 Å². The Labute approximate surface area is 131 Å². The molecule has 124 valence electrons. The number of aliphatic hydroxyl groups is 1. The fourth-order valence-electron chi connectivity index (χ4n) is 2.60. The highest BCUT2D eigenvalue weighted by Gasteiger charge is 2.36. The van der Waals surface area contributed by atoms with Crippen LogP contribution in [-0.2, 0) is 10.2 Å². The summed E-state index contributed by atoms with van der Waals surface area (Å²) < 4.78 is 5.19. The Bertz CT molecular complexity index is 516. The molecule has 0 aliphatic carbocycles. The van der Waals surface area contributed by atoms with Gasteiger partial charge in [-0.15, -0.1) is 0 Å². The lowest BCUT2D eigenvalue weighted by atomic mass is 9.91. The first-order valence-electron chi connectivity index (χ1n) is 7.92. The van der Waals surface area contributed by atoms with Gasteiger partial charge in [-0.2, -0.15) is 0 Å². The minimum absolute atomic E-state index is 0.0355. The van der Waals surface area contributed by atoms with Gasteiger partial charge >= 0.3 is 0 Å². The topological polar surface area (TPSA) is 78.6 Å². The van der Waals surface area contributed by atoms with Gasteiger partial charge in [0, 0.05) is 11.5 Å². The second kappa shape index (κ2) is 6.38. The van der Waals surface area contributed by atoms with Crippen LogP contribution in [0.1, 0.15) is 52.7 Å². The van der Waals surface area contributed by atoms with Gasteiger partial charge in [0.1, 0.15) is 0 Å². The molecule has 0 bridgehead atoms. The maximum atomic E-state index is 12.6. The molecule has 2 rings (SSSR count). The average Bonchev–Trinajstić information content (AvgIpc) is 2.97. The van der Waals surface area contributed by atoms with Gasteiger partial charge in [-0.3, -0.25) is 15.0 Å². The predicted molar refractivity (Wildman–Crippen MR) is 84.7 cm³/mol. The molecule has 0 atom stereocenters. The summed E-state index contributed by atoms with van der Waals surface area (Å²) in [7, 11) is 0. The molecule has 2 N–H and O–H groups in total. The number of carbonyl (C=O) groups is 1. The molecule has 0 unspecified atom stereocenters. The molecular weight excluding hydrogens is 282 g/mol. The number of aliphatic hydroxyl groups excluding tert-OH is 1. The molecule has 1 aromatic heterocycles. The van der Waals surface area contributed by atoms with Crippen molar-refractivity contribution < 1.29 is 14.4 Å². The van der Waals surface area contributed by atoms with Gasteiger partial charge in [-0.25, -0.2) is 0 Å². The van der Waals surface area contributed by atoms with Crippen molar-refractivity contribution in [3.05, 3.63) is 11.8 Å². The van der Waals surface area contributed by atoms with Gasteiger partial charge in [0.15, 0.2) is 0 Å². The summed E-state index contributed by atoms with van der Waals surface area (Å²) >= 11 is 0. The van der Waals surface area contributed by atoms with E-state index in [-0.39, 0.29) is 12.5 Å². The van der Waals surface area contributed by atoms with Crippen LogP contribution in [0.5, 0.6) is 0 Å². The lowest BCUT2D eigenvalue weighted by Gasteiger charge is -2.39. The van der Waals surface area contributed by atoms with Crippen molar-refractivity contribution in [2.45, 2.75) is 57.9 Å². The number of amides is 1. The van der Waals surface area contributed by atoms with Crippen molar-refractivity contribution in [3.63, 3.8) is 0 Å². The zero-order chi connectivity index (χ0) is 16.4. The van der Waals surface area contributed by atoms with Crippen molar-refractivity contribution in [2.75, 3.05) is 25.0 Å². The van der Waals surface area contributed by atoms with Crippen LogP contribution in [0.25, 0.3) is 0 Å². The molecule has 1 aromatic rings. The van der Waals surface area contributed by atoms with Crippen molar-refractivity contribution in [3.8, 4) is 0 Å². The molecule has 1 saturated heterocycles. The number of nitrogens with one attached hydrogen (secondary N) is 1. The smallest absolute Gasteiger partial charge is 0.246 e. The van der Waals surface area contributed by atoms with E-state index in [0.29, 0.717) is 11.6 Å². The van der Waals surface area contributed by atoms with Crippen LogP contribution < -0.4 is 5.32 Å². The molecule has 0 spiro atoms. The Morgan fingerprint density at radius 2 is 1.95 bits per heavy atom. The zero-order valence-electron chi connectivity index (χ0n) is 14.0. The molecule has 1 aliphatic heterocycles. The summed E-state index contributed by atoms with van der Waals surface area (Å²) in [6.07, 6.45) is 3.50. The largest absolute Gasteiger partial charge is 0.395 e. The number of hydrogen-bond acceptors (Lipinski definition) is 5. The van der Waals surface area contributed by atoms with Crippen molar-refractivity contribution >= 4 is 11.8 Å². The number of likely N-dealkylation sites (tertiary alicyclic amines) is 1. The van der Waals surface area contributed by atoms with Crippen LogP contribution >= 0.6 is 0 Å². The second-order valence-electron chi connectivity index (χ2n) is 7.18. The molecular formula is C16H27N3O3. The zero-order valence-corrected chi connectivity index (χ0v) is 14.0. The van der Waals surface area contributed by atoms with E-state index < -0.39 is 11.0 Å². The van der Waals surface area contributed by atoms with Crippen molar-refractivity contribution in [1.29, 1.82) is 0 Å². The molecule has 1 amide bonds. The predicted octanol–water partition coefficient (Wildman–Crippen LogP) is 2.15. The first kappa shape index (κ1) is 17.0. The summed E-state index contributed by atoms with van der Waals surface area (Å²) in [6.45, 7) is 9.46. The van der Waals surface area contributed by atoms with Crippen LogP contribution in [0.3, 0.4) is 0 Å². The van der Waals surface area contributed by atoms with Crippen LogP contribution in [0.2, 0.25) is 0 Å². The number of carbonyl (C=O) groups excluding carboxylic acids is 1. The fraction of sp³-hybridized carbons (Fsp3) is 0.750. The van der Waals surface area contributed by atoms with Crippen LogP contribution in [-0.4, -0.2) is 46.3 Å². The third kappa shape index (κ3) is 3.50. The van der Waals surface area contributed by atoms with Gasteiger partial charge in [-0.1, -0.05) is 25.4 Å². The molecule has 6 heteroatoms. The monoisotopic (exact) mass is 309 g/mol. The normalized spacial score (nSPS) is 17.5. The van der Waals surface area contributed by atoms with E-state index in [4.69, 9.17) is 4.52 Å². The first-order valence-corrected chi connectivity index (χ1v) is 7.92. The molecule has 2 heterocycles. The van der Waals surface area contributed by atoms with E-state index in [0.717, 1.165) is 25.9 Å². The lowest BCUT2D eigenvalue weighted by molar-refractivity contribution is -0.127. The Morgan fingerprint density at radius 1 is 1.32 bits per heavy atom. The Morgan fingerprint density at radius 3 is 2.55 bits per heavy atom. The number of nitrogens with zero attached hydrogens (tertiary/aromatic N) is 2. The SMILES string of the molecule is CC(C)(CO)c1cc(NC(=O)C(C)(C)N2CCCCC2)on1. The number of rotatable bonds is 5. The summed E-state index contributed by atoms with van der Waals surface area (Å²) in [4.78, 5) is 14.8. The van der Waals surface area contributed by atoms with Crippen LogP contribution in [0, 0.1) is 0 Å². The summed E-state index contributed by atoms with van der Waals surface area (Å²) in [6, 6.07) is 1.68. The number of aromatic nitrogens is 1. The number of piperidine rings is 1. The van der Waals surface area contributed by atoms with Crippen molar-refractivity contribution in [2.24, 2.45) is 0 Å². The maximum Gasteiger partial charge on any atom is 0.246 e. The molecule has 0 aromatic carbocycles. The minimum atomic E-state index is -0.583. The van der Waals surface area contributed by atoms with E-state index in [1.807, 2.05) is 27.7 Å². The summed E-state index contributed by atoms with van der Waals surface area (Å²) in [5.41, 5.74) is -0.449. The van der Waals surface area contributed by atoms with E-state index in [1.54, 1.807) is 6.07 Å². The number of hydrogen-bond donors (Lipinski definition) is 2. The lowest BCUT2D eigenvalue weighted by Crippen LogP contribution is -2.54. The highest BCUT2D eigenvalue weighted by molar-refractivity contribution is 5.96. The Kier molecular flexibility index (Phi) is 4.92. The van der Waals surface area contributed by atoms with E-state index in [2.05, 4.69) is 15.4 Å². The van der Waals surface area contributed by atoms with Gasteiger partial charge < -0.3 is 9.63 Å². The third-order valence-corrected chi connectivity index (χ3v) is 4.54. The Hall–Kier alpha value is -1.40. The van der Waals surface area contributed by atoms with E-state index in [9.17, 15) is 9.90 Å². The molecule has 1 fully saturated rings. The minimum Gasteiger partial charge on any atom is -0.395 e. The van der Waals surface area contributed by atoms with Crippen LogP contribution in [0.4, 0.5) is 5.88 Å². The van der Waals surface area contributed by atoms with E-state index in [1.165, 1.54) is 6.42 Å². The molecule has 6 nitrogen and oxygen atoms in total. The Balaban J connectivity index is 2.05. The van der Waals surface area contributed by atoms with E-state index >= 15 is 0 Å². The van der Waals surface area contributed by atoms with Gasteiger partial charge in [-0.05, 0) is 39.8 Å². The second-order valence-corrected chi connectivity index (χ2v) is 7.18. The first-order chi connectivity index (χ1) is 10.3. The molecule has 1 aliphatic rings. The maximum absolute atomic E-state index is 12.6. The third-order valence-electron chi connectivity index (χ3n) is 4.54. The fourth-order valence-corrected chi connectivity index (χ4v) is 2.60. The van der Waals surface area contributed by atoms with Gasteiger partial charge in [0.05, 0.1) is 17.8 Å². The van der Waals surface area contributed by atoms with Crippen LogP contribution in [0.15, 0.2) is 10.6 Å². The molecule has 22 heavy (non-hydrogen) atoms. The molecule has 0 radical (unpaired) electrons. The van der Waals surface area contributed by atoms with Gasteiger partial charge in [0.25, 0.3) is 0 Å². The number of anilines is 1. The van der Waals surface area contributed by atoms with Gasteiger partial charge in [0.2, 0.25) is 11.8 Å². The molecule has 0 saturated carbocycles. The quantitative estimate of drug-likeness (QED) is 0.871. The highest BCUT2D eigenvalue weighted by Crippen LogP contribution is 2.26. The standard InChI is InChI=1S/C16H27N3O3/c1-15(2,11-20)12-10-13(22-18-12)17-14(21)16(3,4)19-8-6-5-7-9-19/h10,20H,5-9,11H2,1-4H3,(H,17,21). The average molecular weight is 309 g/mol.